The minimum atomic E-state index is 0.126. The molecule has 110 valence electrons. The average molecular weight is 282 g/mol. The highest BCUT2D eigenvalue weighted by Crippen LogP contribution is 2.27. The summed E-state index contributed by atoms with van der Waals surface area (Å²) in [6.45, 7) is 8.41. The second kappa shape index (κ2) is 6.57. The van der Waals surface area contributed by atoms with Crippen LogP contribution in [0.25, 0.3) is 0 Å². The van der Waals surface area contributed by atoms with Crippen LogP contribution in [0.3, 0.4) is 0 Å². The summed E-state index contributed by atoms with van der Waals surface area (Å²) in [6, 6.07) is 12.2. The maximum atomic E-state index is 12.1. The van der Waals surface area contributed by atoms with Crippen LogP contribution in [0, 0.1) is 20.8 Å². The smallest absolute Gasteiger partial charge is 0.166 e. The second-order valence-electron chi connectivity index (χ2n) is 5.51. The monoisotopic (exact) mass is 282 g/mol. The molecule has 0 unspecified atom stereocenters. The Balaban J connectivity index is 2.26. The zero-order valence-electron chi connectivity index (χ0n) is 13.2. The van der Waals surface area contributed by atoms with Crippen molar-refractivity contribution in [2.24, 2.45) is 0 Å². The van der Waals surface area contributed by atoms with Crippen molar-refractivity contribution in [2.45, 2.75) is 40.7 Å². The standard InChI is InChI=1S/C19H22O2/c1-5-18(20)17-11-14(3)10-15(4)19(17)21-12-16-8-6-13(2)7-9-16/h6-11H,5,12H2,1-4H3. The normalized spacial score (nSPS) is 10.5. The minimum Gasteiger partial charge on any atom is -0.488 e. The molecule has 2 aromatic carbocycles. The van der Waals surface area contributed by atoms with Gasteiger partial charge in [-0.15, -0.1) is 0 Å². The minimum absolute atomic E-state index is 0.126. The predicted molar refractivity (Wildman–Crippen MR) is 86.0 cm³/mol. The van der Waals surface area contributed by atoms with Crippen molar-refractivity contribution < 1.29 is 9.53 Å². The van der Waals surface area contributed by atoms with E-state index in [9.17, 15) is 4.79 Å². The van der Waals surface area contributed by atoms with Gasteiger partial charge in [0.2, 0.25) is 0 Å². The molecule has 0 radical (unpaired) electrons. The summed E-state index contributed by atoms with van der Waals surface area (Å²) < 4.78 is 5.95. The van der Waals surface area contributed by atoms with Gasteiger partial charge in [0.05, 0.1) is 5.56 Å². The maximum absolute atomic E-state index is 12.1. The molecular weight excluding hydrogens is 260 g/mol. The van der Waals surface area contributed by atoms with Gasteiger partial charge in [-0.25, -0.2) is 0 Å². The van der Waals surface area contributed by atoms with Crippen LogP contribution in [0.5, 0.6) is 5.75 Å². The molecule has 0 fully saturated rings. The number of hydrogen-bond acceptors (Lipinski definition) is 2. The summed E-state index contributed by atoms with van der Waals surface area (Å²) >= 11 is 0. The highest BCUT2D eigenvalue weighted by molar-refractivity contribution is 5.99. The number of aryl methyl sites for hydroxylation is 3. The third-order valence-corrected chi connectivity index (χ3v) is 3.54. The fourth-order valence-electron chi connectivity index (χ4n) is 2.38. The van der Waals surface area contributed by atoms with Crippen LogP contribution >= 0.6 is 0 Å². The molecule has 0 aliphatic rings. The van der Waals surface area contributed by atoms with Crippen molar-refractivity contribution in [3.63, 3.8) is 0 Å². The Kier molecular flexibility index (Phi) is 4.79. The van der Waals surface area contributed by atoms with E-state index < -0.39 is 0 Å². The molecule has 0 bridgehead atoms. The van der Waals surface area contributed by atoms with Crippen LogP contribution in [0.1, 0.15) is 46.0 Å². The lowest BCUT2D eigenvalue weighted by Crippen LogP contribution is -2.06. The Hall–Kier alpha value is -2.09. The van der Waals surface area contributed by atoms with Gasteiger partial charge in [0.15, 0.2) is 5.78 Å². The van der Waals surface area contributed by atoms with Gasteiger partial charge in [0.1, 0.15) is 12.4 Å². The largest absolute Gasteiger partial charge is 0.488 e. The fourth-order valence-corrected chi connectivity index (χ4v) is 2.38. The first-order valence-electron chi connectivity index (χ1n) is 7.34. The summed E-state index contributed by atoms with van der Waals surface area (Å²) in [4.78, 5) is 12.1. The molecule has 0 aliphatic heterocycles. The number of ether oxygens (including phenoxy) is 1. The van der Waals surface area contributed by atoms with E-state index in [1.54, 1.807) is 0 Å². The molecule has 0 amide bonds. The Labute approximate surface area is 126 Å². The molecular formula is C19H22O2. The average Bonchev–Trinajstić information content (AvgIpc) is 2.46. The molecule has 0 saturated heterocycles. The summed E-state index contributed by atoms with van der Waals surface area (Å²) in [7, 11) is 0. The lowest BCUT2D eigenvalue weighted by Gasteiger charge is -2.14. The van der Waals surface area contributed by atoms with Crippen LogP contribution in [0.15, 0.2) is 36.4 Å². The van der Waals surface area contributed by atoms with E-state index in [1.165, 1.54) is 5.56 Å². The first kappa shape index (κ1) is 15.3. The van der Waals surface area contributed by atoms with Crippen LogP contribution < -0.4 is 4.74 Å². The Morgan fingerprint density at radius 3 is 2.29 bits per heavy atom. The summed E-state index contributed by atoms with van der Waals surface area (Å²) in [6.07, 6.45) is 0.490. The molecule has 2 nitrogen and oxygen atoms in total. The van der Waals surface area contributed by atoms with E-state index >= 15 is 0 Å². The second-order valence-corrected chi connectivity index (χ2v) is 5.51. The van der Waals surface area contributed by atoms with Gasteiger partial charge in [-0.05, 0) is 43.5 Å². The molecule has 0 N–H and O–H groups in total. The van der Waals surface area contributed by atoms with E-state index in [0.717, 1.165) is 16.7 Å². The van der Waals surface area contributed by atoms with Crippen LogP contribution in [0.2, 0.25) is 0 Å². The first-order valence-corrected chi connectivity index (χ1v) is 7.34. The molecule has 0 heterocycles. The summed E-state index contributed by atoms with van der Waals surface area (Å²) in [5.74, 6) is 0.841. The van der Waals surface area contributed by atoms with Gasteiger partial charge < -0.3 is 4.74 Å². The lowest BCUT2D eigenvalue weighted by atomic mass is 10.0. The van der Waals surface area contributed by atoms with E-state index in [4.69, 9.17) is 4.74 Å². The Bertz CT molecular complexity index is 639. The molecule has 0 saturated carbocycles. The van der Waals surface area contributed by atoms with Crippen LogP contribution in [-0.2, 0) is 6.61 Å². The SMILES string of the molecule is CCC(=O)c1cc(C)cc(C)c1OCc1ccc(C)cc1. The summed E-state index contributed by atoms with van der Waals surface area (Å²) in [5.41, 5.74) is 5.13. The molecule has 0 aromatic heterocycles. The van der Waals surface area contributed by atoms with E-state index in [-0.39, 0.29) is 5.78 Å². The van der Waals surface area contributed by atoms with Gasteiger partial charge in [-0.1, -0.05) is 42.8 Å². The van der Waals surface area contributed by atoms with Gasteiger partial charge >= 0.3 is 0 Å². The van der Waals surface area contributed by atoms with Gasteiger partial charge in [-0.2, -0.15) is 0 Å². The van der Waals surface area contributed by atoms with Gasteiger partial charge in [0.25, 0.3) is 0 Å². The fraction of sp³-hybridized carbons (Fsp3) is 0.316. The van der Waals surface area contributed by atoms with Crippen molar-refractivity contribution in [1.82, 2.24) is 0 Å². The predicted octanol–water partition coefficient (Wildman–Crippen LogP) is 4.78. The topological polar surface area (TPSA) is 26.3 Å². The van der Waals surface area contributed by atoms with E-state index in [2.05, 4.69) is 37.3 Å². The number of ketones is 1. The third kappa shape index (κ3) is 3.72. The number of rotatable bonds is 5. The van der Waals surface area contributed by atoms with Gasteiger partial charge in [-0.3, -0.25) is 4.79 Å². The quantitative estimate of drug-likeness (QED) is 0.737. The number of hydrogen-bond donors (Lipinski definition) is 0. The molecule has 2 rings (SSSR count). The maximum Gasteiger partial charge on any atom is 0.166 e. The van der Waals surface area contributed by atoms with Crippen LogP contribution in [0.4, 0.5) is 0 Å². The zero-order valence-corrected chi connectivity index (χ0v) is 13.2. The number of benzene rings is 2. The number of carbonyl (C=O) groups is 1. The van der Waals surface area contributed by atoms with Crippen molar-refractivity contribution in [2.75, 3.05) is 0 Å². The van der Waals surface area contributed by atoms with Crippen molar-refractivity contribution in [3.8, 4) is 5.75 Å². The third-order valence-electron chi connectivity index (χ3n) is 3.54. The molecule has 2 aromatic rings. The Morgan fingerprint density at radius 2 is 1.67 bits per heavy atom. The lowest BCUT2D eigenvalue weighted by molar-refractivity contribution is 0.0983. The number of Topliss-reactive ketones (excluding diaryl/α,β-unsaturated/α-hetero) is 1. The Morgan fingerprint density at radius 1 is 1.00 bits per heavy atom. The zero-order chi connectivity index (χ0) is 15.4. The van der Waals surface area contributed by atoms with E-state index in [1.807, 2.05) is 26.8 Å². The molecule has 21 heavy (non-hydrogen) atoms. The molecule has 0 aliphatic carbocycles. The molecule has 0 atom stereocenters. The highest BCUT2D eigenvalue weighted by atomic mass is 16.5. The summed E-state index contributed by atoms with van der Waals surface area (Å²) in [5, 5.41) is 0. The van der Waals surface area contributed by atoms with Crippen molar-refractivity contribution in [3.05, 3.63) is 64.2 Å². The van der Waals surface area contributed by atoms with Crippen LogP contribution in [-0.4, -0.2) is 5.78 Å². The van der Waals surface area contributed by atoms with E-state index in [0.29, 0.717) is 24.3 Å². The highest BCUT2D eigenvalue weighted by Gasteiger charge is 2.14. The number of carbonyl (C=O) groups excluding carboxylic acids is 1. The van der Waals surface area contributed by atoms with Crippen molar-refractivity contribution >= 4 is 5.78 Å². The molecule has 0 spiro atoms. The van der Waals surface area contributed by atoms with Gasteiger partial charge in [0, 0.05) is 6.42 Å². The molecule has 2 heteroatoms. The first-order chi connectivity index (χ1) is 10.0. The van der Waals surface area contributed by atoms with Crippen molar-refractivity contribution in [1.29, 1.82) is 0 Å².